The maximum atomic E-state index is 11.7. The van der Waals surface area contributed by atoms with Gasteiger partial charge in [0.15, 0.2) is 9.84 Å². The van der Waals surface area contributed by atoms with Gasteiger partial charge in [-0.15, -0.1) is 0 Å². The molecule has 0 aliphatic carbocycles. The average Bonchev–Trinajstić information content (AvgIpc) is 3.00. The highest BCUT2D eigenvalue weighted by atomic mass is 35.5. The van der Waals surface area contributed by atoms with E-state index in [1.54, 1.807) is 17.0 Å². The van der Waals surface area contributed by atoms with Crippen molar-refractivity contribution in [3.63, 3.8) is 0 Å². The van der Waals surface area contributed by atoms with Crippen LogP contribution in [0.25, 0.3) is 11.0 Å². The van der Waals surface area contributed by atoms with E-state index in [0.717, 1.165) is 22.9 Å². The van der Waals surface area contributed by atoms with Crippen molar-refractivity contribution in [1.82, 2.24) is 9.55 Å². The van der Waals surface area contributed by atoms with E-state index in [1.807, 2.05) is 41.0 Å². The number of sulfone groups is 2. The quantitative estimate of drug-likeness (QED) is 0.463. The van der Waals surface area contributed by atoms with E-state index in [9.17, 15) is 16.8 Å². The zero-order valence-electron chi connectivity index (χ0n) is 17.3. The second-order valence-corrected chi connectivity index (χ2v) is 12.0. The van der Waals surface area contributed by atoms with Gasteiger partial charge in [0.1, 0.15) is 15.7 Å². The van der Waals surface area contributed by atoms with Crippen LogP contribution in [0.15, 0.2) is 60.1 Å². The lowest BCUT2D eigenvalue weighted by Crippen LogP contribution is -2.20. The standard InChI is InChI=1S/C21H24ClN3O4S2/c1-30(26,27)13-6-11-25-20-10-9-17(22)15-19(20)23-21(25)16-24(12-14-31(2,28)29)18-7-4-3-5-8-18/h3-5,7-10,12,14-15H,6,11,13,16H2,1-2H3. The molecule has 0 fully saturated rings. The molecule has 0 bridgehead atoms. The van der Waals surface area contributed by atoms with E-state index in [2.05, 4.69) is 0 Å². The molecule has 3 aromatic rings. The zero-order valence-corrected chi connectivity index (χ0v) is 19.7. The van der Waals surface area contributed by atoms with Crippen LogP contribution >= 0.6 is 11.6 Å². The molecule has 0 atom stereocenters. The number of anilines is 1. The van der Waals surface area contributed by atoms with Gasteiger partial charge in [-0.25, -0.2) is 21.8 Å². The molecule has 0 amide bonds. The lowest BCUT2D eigenvalue weighted by atomic mass is 10.3. The molecule has 1 aromatic heterocycles. The summed E-state index contributed by atoms with van der Waals surface area (Å²) >= 11 is 6.13. The summed E-state index contributed by atoms with van der Waals surface area (Å²) in [5.41, 5.74) is 2.34. The Labute approximate surface area is 187 Å². The minimum Gasteiger partial charge on any atom is -0.340 e. The number of nitrogens with zero attached hydrogens (tertiary/aromatic N) is 3. The highest BCUT2D eigenvalue weighted by Crippen LogP contribution is 2.24. The number of halogens is 1. The van der Waals surface area contributed by atoms with Gasteiger partial charge in [0, 0.05) is 41.4 Å². The van der Waals surface area contributed by atoms with Crippen molar-refractivity contribution in [2.45, 2.75) is 19.5 Å². The zero-order chi connectivity index (χ0) is 22.6. The van der Waals surface area contributed by atoms with Crippen LogP contribution in [0.5, 0.6) is 0 Å². The van der Waals surface area contributed by atoms with Crippen molar-refractivity contribution in [1.29, 1.82) is 0 Å². The molecule has 7 nitrogen and oxygen atoms in total. The van der Waals surface area contributed by atoms with Crippen LogP contribution in [-0.2, 0) is 32.8 Å². The first-order valence-electron chi connectivity index (χ1n) is 9.54. The summed E-state index contributed by atoms with van der Waals surface area (Å²) in [4.78, 5) is 6.49. The molecular weight excluding hydrogens is 458 g/mol. The molecule has 166 valence electrons. The number of hydrogen-bond donors (Lipinski definition) is 0. The third-order valence-electron chi connectivity index (χ3n) is 4.57. The normalized spacial score (nSPS) is 12.6. The summed E-state index contributed by atoms with van der Waals surface area (Å²) in [7, 11) is -6.41. The monoisotopic (exact) mass is 481 g/mol. The lowest BCUT2D eigenvalue weighted by molar-refractivity contribution is 0.589. The Balaban J connectivity index is 2.01. The van der Waals surface area contributed by atoms with E-state index in [1.165, 1.54) is 12.5 Å². The summed E-state index contributed by atoms with van der Waals surface area (Å²) < 4.78 is 48.5. The van der Waals surface area contributed by atoms with E-state index in [0.29, 0.717) is 35.9 Å². The molecule has 0 aliphatic heterocycles. The molecule has 0 saturated carbocycles. The summed E-state index contributed by atoms with van der Waals surface area (Å²) in [6.07, 6.45) is 4.30. The molecule has 31 heavy (non-hydrogen) atoms. The van der Waals surface area contributed by atoms with E-state index in [4.69, 9.17) is 16.6 Å². The minimum absolute atomic E-state index is 0.0656. The van der Waals surface area contributed by atoms with Crippen LogP contribution < -0.4 is 4.90 Å². The van der Waals surface area contributed by atoms with E-state index in [-0.39, 0.29) is 5.75 Å². The maximum absolute atomic E-state index is 11.7. The minimum atomic E-state index is -3.32. The smallest absolute Gasteiger partial charge is 0.170 e. The van der Waals surface area contributed by atoms with Gasteiger partial charge >= 0.3 is 0 Å². The van der Waals surface area contributed by atoms with Crippen molar-refractivity contribution in [2.75, 3.05) is 23.2 Å². The number of benzene rings is 2. The fourth-order valence-corrected chi connectivity index (χ4v) is 4.38. The van der Waals surface area contributed by atoms with Crippen LogP contribution in [0.4, 0.5) is 5.69 Å². The molecule has 0 spiro atoms. The number of para-hydroxylation sites is 1. The number of fused-ring (bicyclic) bond motifs is 1. The van der Waals surface area contributed by atoms with Crippen molar-refractivity contribution in [3.05, 3.63) is 71.0 Å². The van der Waals surface area contributed by atoms with E-state index >= 15 is 0 Å². The first kappa shape index (κ1) is 23.3. The first-order valence-corrected chi connectivity index (χ1v) is 13.9. The van der Waals surface area contributed by atoms with Crippen LogP contribution in [0.3, 0.4) is 0 Å². The Bertz CT molecular complexity index is 1300. The molecule has 0 radical (unpaired) electrons. The molecule has 10 heteroatoms. The number of rotatable bonds is 9. The van der Waals surface area contributed by atoms with Crippen LogP contribution in [-0.4, -0.2) is 44.7 Å². The lowest BCUT2D eigenvalue weighted by Gasteiger charge is -2.21. The number of hydrogen-bond acceptors (Lipinski definition) is 6. The van der Waals surface area contributed by atoms with Gasteiger partial charge in [0.25, 0.3) is 0 Å². The summed E-state index contributed by atoms with van der Waals surface area (Å²) in [5, 5.41) is 1.70. The van der Waals surface area contributed by atoms with Crippen molar-refractivity contribution < 1.29 is 16.8 Å². The molecule has 3 rings (SSSR count). The third-order valence-corrected chi connectivity index (χ3v) is 6.46. The fourth-order valence-electron chi connectivity index (χ4n) is 3.19. The highest BCUT2D eigenvalue weighted by Gasteiger charge is 2.15. The van der Waals surface area contributed by atoms with Gasteiger partial charge in [0.2, 0.25) is 0 Å². The van der Waals surface area contributed by atoms with Gasteiger partial charge in [-0.3, -0.25) is 0 Å². The number of imidazole rings is 1. The van der Waals surface area contributed by atoms with Crippen molar-refractivity contribution >= 4 is 48.0 Å². The second kappa shape index (κ2) is 9.42. The molecular formula is C21H24ClN3O4S2. The summed E-state index contributed by atoms with van der Waals surface area (Å²) in [6.45, 7) is 0.750. The first-order chi connectivity index (χ1) is 14.5. The number of aryl methyl sites for hydroxylation is 1. The van der Waals surface area contributed by atoms with Gasteiger partial charge in [0.05, 0.1) is 23.3 Å². The summed E-state index contributed by atoms with van der Waals surface area (Å²) in [5.74, 6) is 0.739. The fraction of sp³-hybridized carbons (Fsp3) is 0.286. The Morgan fingerprint density at radius 3 is 2.42 bits per heavy atom. The molecule has 0 N–H and O–H groups in total. The van der Waals surface area contributed by atoms with Gasteiger partial charge in [-0.2, -0.15) is 0 Å². The SMILES string of the molecule is CS(=O)(=O)C=CN(Cc1nc2cc(Cl)ccc2n1CCCS(C)(=O)=O)c1ccccc1. The predicted octanol–water partition coefficient (Wildman–Crippen LogP) is 3.65. The van der Waals surface area contributed by atoms with Gasteiger partial charge in [-0.05, 0) is 36.8 Å². The van der Waals surface area contributed by atoms with E-state index < -0.39 is 19.7 Å². The maximum Gasteiger partial charge on any atom is 0.170 e. The second-order valence-electron chi connectivity index (χ2n) is 7.37. The molecule has 0 saturated heterocycles. The van der Waals surface area contributed by atoms with Gasteiger partial charge < -0.3 is 9.47 Å². The molecule has 0 aliphatic rings. The van der Waals surface area contributed by atoms with Gasteiger partial charge in [-0.1, -0.05) is 29.8 Å². The van der Waals surface area contributed by atoms with Crippen LogP contribution in [0.2, 0.25) is 5.02 Å². The Morgan fingerprint density at radius 1 is 1.06 bits per heavy atom. The molecule has 2 aromatic carbocycles. The number of aromatic nitrogens is 2. The third kappa shape index (κ3) is 6.81. The molecule has 1 heterocycles. The van der Waals surface area contributed by atoms with Crippen LogP contribution in [0.1, 0.15) is 12.2 Å². The Hall–Kier alpha value is -2.36. The largest absolute Gasteiger partial charge is 0.340 e. The predicted molar refractivity (Wildman–Crippen MR) is 126 cm³/mol. The van der Waals surface area contributed by atoms with Crippen molar-refractivity contribution in [3.8, 4) is 0 Å². The Morgan fingerprint density at radius 2 is 1.77 bits per heavy atom. The molecule has 0 unspecified atom stereocenters. The van der Waals surface area contributed by atoms with Crippen molar-refractivity contribution in [2.24, 2.45) is 0 Å². The average molecular weight is 482 g/mol. The topological polar surface area (TPSA) is 89.3 Å². The Kier molecular flexibility index (Phi) is 7.08. The summed E-state index contributed by atoms with van der Waals surface area (Å²) in [6, 6.07) is 14.7. The van der Waals surface area contributed by atoms with Crippen LogP contribution in [0, 0.1) is 0 Å². The highest BCUT2D eigenvalue weighted by molar-refractivity contribution is 7.93.